The quantitative estimate of drug-likeness (QED) is 0.194. The van der Waals surface area contributed by atoms with Gasteiger partial charge in [0.25, 0.3) is 0 Å². The number of hydrogen-bond donors (Lipinski definition) is 0. The highest BCUT2D eigenvalue weighted by Gasteiger charge is 2.39. The number of rotatable bonds is 4. The summed E-state index contributed by atoms with van der Waals surface area (Å²) in [5.41, 5.74) is 1.07. The van der Waals surface area contributed by atoms with Crippen LogP contribution in [0.1, 0.15) is 43.0 Å². The molecule has 30 heavy (non-hydrogen) atoms. The first-order valence-corrected chi connectivity index (χ1v) is 11.7. The standard InChI is InChI=1S/C27H25O2S/c1-19(2)27(16-8-9-17-27)29-26(28)20-14-15-25-23(18-20)22-12-6-7-13-24(22)30(25)21-10-4-3-5-11-21/h3-7,10-15,18H,1,8-9,16-17H2,2H3/q+1. The molecule has 2 nitrogen and oxygen atoms in total. The van der Waals surface area contributed by atoms with Crippen LogP contribution < -0.4 is 0 Å². The monoisotopic (exact) mass is 413 g/mol. The lowest BCUT2D eigenvalue weighted by molar-refractivity contribution is 0.00195. The Hall–Kier alpha value is -2.91. The van der Waals surface area contributed by atoms with Gasteiger partial charge in [0.15, 0.2) is 14.3 Å². The number of ether oxygens (including phenoxy) is 1. The Balaban J connectivity index is 1.62. The van der Waals surface area contributed by atoms with Gasteiger partial charge in [0.05, 0.1) is 5.56 Å². The number of fused-ring (bicyclic) bond motifs is 3. The molecule has 3 heteroatoms. The van der Waals surface area contributed by atoms with Crippen LogP contribution in [-0.2, 0) is 4.74 Å². The maximum atomic E-state index is 13.1. The molecular formula is C27H25O2S+. The summed E-state index contributed by atoms with van der Waals surface area (Å²) in [5, 5.41) is 2.35. The Morgan fingerprint density at radius 3 is 2.30 bits per heavy atom. The number of hydrogen-bond acceptors (Lipinski definition) is 2. The maximum Gasteiger partial charge on any atom is 0.339 e. The molecule has 1 fully saturated rings. The molecule has 1 aliphatic rings. The van der Waals surface area contributed by atoms with Crippen LogP contribution >= 0.6 is 10.5 Å². The zero-order valence-electron chi connectivity index (χ0n) is 17.2. The van der Waals surface area contributed by atoms with Gasteiger partial charge in [0.2, 0.25) is 0 Å². The number of carbonyl (C=O) groups excluding carboxylic acids is 1. The van der Waals surface area contributed by atoms with E-state index in [1.807, 2.05) is 19.1 Å². The first kappa shape index (κ1) is 19.1. The van der Waals surface area contributed by atoms with Crippen molar-refractivity contribution in [3.05, 3.63) is 90.5 Å². The highest BCUT2D eigenvalue weighted by atomic mass is 32.2. The van der Waals surface area contributed by atoms with E-state index < -0.39 is 5.60 Å². The summed E-state index contributed by atoms with van der Waals surface area (Å²) in [6, 6.07) is 25.2. The molecule has 0 amide bonds. The zero-order chi connectivity index (χ0) is 20.7. The van der Waals surface area contributed by atoms with Crippen LogP contribution in [0.4, 0.5) is 0 Å². The molecule has 1 unspecified atom stereocenters. The Morgan fingerprint density at radius 1 is 0.900 bits per heavy atom. The first-order chi connectivity index (χ1) is 14.6. The third-order valence-electron chi connectivity index (χ3n) is 6.29. The molecule has 4 aromatic rings. The van der Waals surface area contributed by atoms with E-state index in [0.717, 1.165) is 36.6 Å². The highest BCUT2D eigenvalue weighted by molar-refractivity contribution is 7.50. The van der Waals surface area contributed by atoms with E-state index in [-0.39, 0.29) is 16.4 Å². The Kier molecular flexibility index (Phi) is 4.71. The van der Waals surface area contributed by atoms with Crippen molar-refractivity contribution in [1.29, 1.82) is 0 Å². The van der Waals surface area contributed by atoms with Gasteiger partial charge in [-0.25, -0.2) is 4.79 Å². The van der Waals surface area contributed by atoms with Gasteiger partial charge in [-0.15, -0.1) is 0 Å². The van der Waals surface area contributed by atoms with Gasteiger partial charge in [-0.05, 0) is 80.6 Å². The van der Waals surface area contributed by atoms with Crippen molar-refractivity contribution in [3.8, 4) is 4.90 Å². The van der Waals surface area contributed by atoms with Gasteiger partial charge >= 0.3 is 5.97 Å². The summed E-state index contributed by atoms with van der Waals surface area (Å²) < 4.78 is 8.66. The van der Waals surface area contributed by atoms with Crippen molar-refractivity contribution in [2.75, 3.05) is 0 Å². The number of thiophene rings is 1. The van der Waals surface area contributed by atoms with Gasteiger partial charge in [-0.2, -0.15) is 0 Å². The molecule has 0 aliphatic heterocycles. The average molecular weight is 414 g/mol. The molecule has 0 bridgehead atoms. The van der Waals surface area contributed by atoms with Gasteiger partial charge in [-0.1, -0.05) is 36.9 Å². The van der Waals surface area contributed by atoms with E-state index in [1.165, 1.54) is 19.7 Å². The van der Waals surface area contributed by atoms with E-state index in [0.29, 0.717) is 5.56 Å². The smallest absolute Gasteiger partial charge is 0.339 e. The summed E-state index contributed by atoms with van der Waals surface area (Å²) in [5.74, 6) is -0.244. The summed E-state index contributed by atoms with van der Waals surface area (Å²) >= 11 is 0. The van der Waals surface area contributed by atoms with Crippen molar-refractivity contribution in [3.63, 3.8) is 0 Å². The average Bonchev–Trinajstić information content (AvgIpc) is 3.37. The molecule has 3 aromatic carbocycles. The molecule has 1 aromatic heterocycles. The topological polar surface area (TPSA) is 26.3 Å². The molecule has 0 N–H and O–H groups in total. The fourth-order valence-corrected chi connectivity index (χ4v) is 7.02. The number of carbonyl (C=O) groups is 1. The molecule has 1 heterocycles. The molecule has 5 rings (SSSR count). The molecule has 0 spiro atoms. The molecule has 0 saturated heterocycles. The summed E-state index contributed by atoms with van der Waals surface area (Å²) in [7, 11) is -0.148. The van der Waals surface area contributed by atoms with Crippen LogP contribution in [0.5, 0.6) is 0 Å². The lowest BCUT2D eigenvalue weighted by atomic mass is 9.94. The fraction of sp³-hybridized carbons (Fsp3) is 0.222. The second kappa shape index (κ2) is 7.41. The van der Waals surface area contributed by atoms with Crippen LogP contribution in [0.15, 0.2) is 84.9 Å². The molecule has 1 aliphatic carbocycles. The van der Waals surface area contributed by atoms with Crippen LogP contribution in [0.3, 0.4) is 0 Å². The fourth-order valence-electron chi connectivity index (χ4n) is 4.64. The van der Waals surface area contributed by atoms with Crippen molar-refractivity contribution < 1.29 is 9.53 Å². The highest BCUT2D eigenvalue weighted by Crippen LogP contribution is 2.48. The summed E-state index contributed by atoms with van der Waals surface area (Å²) in [6.07, 6.45) is 3.91. The minimum Gasteiger partial charge on any atom is -0.451 e. The molecule has 0 radical (unpaired) electrons. The minimum atomic E-state index is -0.498. The van der Waals surface area contributed by atoms with E-state index in [4.69, 9.17) is 4.74 Å². The van der Waals surface area contributed by atoms with E-state index in [1.54, 1.807) is 0 Å². The normalized spacial score (nSPS) is 16.1. The van der Waals surface area contributed by atoms with Crippen LogP contribution in [0, 0.1) is 0 Å². The van der Waals surface area contributed by atoms with E-state index in [2.05, 4.69) is 67.2 Å². The van der Waals surface area contributed by atoms with Crippen LogP contribution in [-0.4, -0.2) is 11.6 Å². The second-order valence-corrected chi connectivity index (χ2v) is 10.2. The number of benzene rings is 3. The van der Waals surface area contributed by atoms with Gasteiger partial charge in [-0.3, -0.25) is 0 Å². The lowest BCUT2D eigenvalue weighted by Gasteiger charge is -2.29. The predicted octanol–water partition coefficient (Wildman–Crippen LogP) is 7.78. The molecule has 1 saturated carbocycles. The third kappa shape index (κ3) is 3.05. The maximum absolute atomic E-state index is 13.1. The predicted molar refractivity (Wildman–Crippen MR) is 127 cm³/mol. The van der Waals surface area contributed by atoms with Crippen LogP contribution in [0.2, 0.25) is 0 Å². The minimum absolute atomic E-state index is 0.148. The summed E-state index contributed by atoms with van der Waals surface area (Å²) in [6.45, 7) is 6.09. The Bertz CT molecular complexity index is 1260. The van der Waals surface area contributed by atoms with Crippen molar-refractivity contribution in [2.24, 2.45) is 0 Å². The first-order valence-electron chi connectivity index (χ1n) is 10.5. The van der Waals surface area contributed by atoms with Crippen molar-refractivity contribution in [1.82, 2.24) is 0 Å². The van der Waals surface area contributed by atoms with Crippen molar-refractivity contribution >= 4 is 36.6 Å². The summed E-state index contributed by atoms with van der Waals surface area (Å²) in [4.78, 5) is 14.4. The van der Waals surface area contributed by atoms with Crippen LogP contribution in [0.25, 0.3) is 25.1 Å². The van der Waals surface area contributed by atoms with Crippen molar-refractivity contribution in [2.45, 2.75) is 38.2 Å². The Labute approximate surface area is 179 Å². The Morgan fingerprint density at radius 2 is 1.57 bits per heavy atom. The lowest BCUT2D eigenvalue weighted by Crippen LogP contribution is -2.33. The molecule has 150 valence electrons. The van der Waals surface area contributed by atoms with E-state index >= 15 is 0 Å². The number of esters is 1. The largest absolute Gasteiger partial charge is 0.451 e. The van der Waals surface area contributed by atoms with E-state index in [9.17, 15) is 4.79 Å². The second-order valence-electron chi connectivity index (χ2n) is 8.20. The molecule has 1 atom stereocenters. The van der Waals surface area contributed by atoms with Gasteiger partial charge in [0.1, 0.15) is 5.60 Å². The zero-order valence-corrected chi connectivity index (χ0v) is 18.0. The SMILES string of the molecule is C=C(C)C1(OC(=O)c2ccc3c(c2)c2ccccc2[s+]3-c2ccccc2)CCCC1. The van der Waals surface area contributed by atoms with Gasteiger partial charge < -0.3 is 4.74 Å². The molecular weight excluding hydrogens is 388 g/mol. The third-order valence-corrected chi connectivity index (χ3v) is 8.62. The van der Waals surface area contributed by atoms with Gasteiger partial charge in [0, 0.05) is 21.2 Å².